The summed E-state index contributed by atoms with van der Waals surface area (Å²) >= 11 is 0. The van der Waals surface area contributed by atoms with Gasteiger partial charge >= 0.3 is 5.97 Å². The topological polar surface area (TPSA) is 123 Å². The second-order valence-electron chi connectivity index (χ2n) is 7.37. The second-order valence-corrected chi connectivity index (χ2v) is 7.37. The molecule has 1 aliphatic heterocycles. The Labute approximate surface area is 190 Å². The number of para-hydroxylation sites is 3. The number of nitrogen functional groups attached to an aromatic ring is 1. The average molecular weight is 445 g/mol. The highest BCUT2D eigenvalue weighted by molar-refractivity contribution is 6.08. The number of carbonyl (C=O) groups is 2. The van der Waals surface area contributed by atoms with Crippen molar-refractivity contribution in [1.82, 2.24) is 4.57 Å². The van der Waals surface area contributed by atoms with Crippen LogP contribution in [0, 0.1) is 11.3 Å². The lowest BCUT2D eigenvalue weighted by molar-refractivity contribution is 0.0592. The number of rotatable bonds is 5. The number of hydrogen-bond donors (Lipinski definition) is 2. The molecule has 3 N–H and O–H groups in total. The molecule has 0 unspecified atom stereocenters. The molecule has 1 aromatic heterocycles. The quantitative estimate of drug-likeness (QED) is 0.579. The Kier molecular flexibility index (Phi) is 6.29. The number of amides is 1. The summed E-state index contributed by atoms with van der Waals surface area (Å²) in [7, 11) is 1.23. The number of benzene rings is 2. The molecule has 9 nitrogen and oxygen atoms in total. The minimum atomic E-state index is -0.707. The van der Waals surface area contributed by atoms with Gasteiger partial charge in [-0.05, 0) is 24.3 Å². The zero-order valence-electron chi connectivity index (χ0n) is 18.1. The third kappa shape index (κ3) is 4.24. The average Bonchev–Trinajstić information content (AvgIpc) is 3.20. The van der Waals surface area contributed by atoms with Crippen LogP contribution in [0.25, 0.3) is 5.69 Å². The fourth-order valence-corrected chi connectivity index (χ4v) is 3.83. The van der Waals surface area contributed by atoms with E-state index in [2.05, 4.69) is 10.2 Å². The molecule has 0 saturated carbocycles. The Hall–Kier alpha value is -4.29. The molecule has 0 bridgehead atoms. The van der Waals surface area contributed by atoms with Crippen LogP contribution in [0.2, 0.25) is 0 Å². The van der Waals surface area contributed by atoms with Crippen LogP contribution in [0.4, 0.5) is 17.1 Å². The van der Waals surface area contributed by atoms with Crippen LogP contribution in [-0.2, 0) is 9.47 Å². The number of nitrogens with zero attached hydrogens (tertiary/aromatic N) is 3. The monoisotopic (exact) mass is 445 g/mol. The van der Waals surface area contributed by atoms with Gasteiger partial charge in [0.25, 0.3) is 5.91 Å². The highest BCUT2D eigenvalue weighted by Gasteiger charge is 2.25. The Morgan fingerprint density at radius 3 is 2.45 bits per heavy atom. The van der Waals surface area contributed by atoms with E-state index in [1.807, 2.05) is 30.3 Å². The van der Waals surface area contributed by atoms with Crippen molar-refractivity contribution in [2.45, 2.75) is 0 Å². The van der Waals surface area contributed by atoms with E-state index in [1.54, 1.807) is 24.3 Å². The predicted molar refractivity (Wildman–Crippen MR) is 124 cm³/mol. The van der Waals surface area contributed by atoms with Gasteiger partial charge in [-0.3, -0.25) is 4.79 Å². The standard InChI is InChI=1S/C24H23N5O4/c1-32-24(31)22-21(26)16(14-25)15-29(22)19-8-4-2-6-17(19)23(30)27-18-7-3-5-9-20(18)28-10-12-33-13-11-28/h2-9,15H,10-13,26H2,1H3,(H,27,30). The van der Waals surface area contributed by atoms with Gasteiger partial charge in [-0.15, -0.1) is 0 Å². The zero-order chi connectivity index (χ0) is 23.4. The van der Waals surface area contributed by atoms with E-state index >= 15 is 0 Å². The largest absolute Gasteiger partial charge is 0.464 e. The first-order valence-electron chi connectivity index (χ1n) is 10.4. The SMILES string of the molecule is COC(=O)c1c(N)c(C#N)cn1-c1ccccc1C(=O)Nc1ccccc1N1CCOCC1. The van der Waals surface area contributed by atoms with Gasteiger partial charge in [0.1, 0.15) is 6.07 Å². The van der Waals surface area contributed by atoms with Gasteiger partial charge in [0.15, 0.2) is 5.69 Å². The van der Waals surface area contributed by atoms with Crippen LogP contribution in [0.5, 0.6) is 0 Å². The first-order valence-corrected chi connectivity index (χ1v) is 10.4. The van der Waals surface area contributed by atoms with Crippen LogP contribution >= 0.6 is 0 Å². The number of ether oxygens (including phenoxy) is 2. The van der Waals surface area contributed by atoms with E-state index < -0.39 is 5.97 Å². The first-order chi connectivity index (χ1) is 16.0. The van der Waals surface area contributed by atoms with Gasteiger partial charge in [-0.1, -0.05) is 24.3 Å². The number of anilines is 3. The summed E-state index contributed by atoms with van der Waals surface area (Å²) < 4.78 is 11.7. The Balaban J connectivity index is 1.73. The van der Waals surface area contributed by atoms with Crippen molar-refractivity contribution in [1.29, 1.82) is 5.26 Å². The highest BCUT2D eigenvalue weighted by atomic mass is 16.5. The molecule has 0 atom stereocenters. The van der Waals surface area contributed by atoms with Crippen molar-refractivity contribution < 1.29 is 19.1 Å². The van der Waals surface area contributed by atoms with Crippen molar-refractivity contribution in [3.63, 3.8) is 0 Å². The van der Waals surface area contributed by atoms with E-state index in [-0.39, 0.29) is 22.9 Å². The number of nitrogens with one attached hydrogen (secondary N) is 1. The van der Waals surface area contributed by atoms with Gasteiger partial charge in [-0.2, -0.15) is 5.26 Å². The van der Waals surface area contributed by atoms with Crippen molar-refractivity contribution in [2.24, 2.45) is 0 Å². The number of carbonyl (C=O) groups excluding carboxylic acids is 2. The fourth-order valence-electron chi connectivity index (χ4n) is 3.83. The molecule has 1 fully saturated rings. The van der Waals surface area contributed by atoms with Crippen molar-refractivity contribution in [2.75, 3.05) is 49.4 Å². The molecule has 33 heavy (non-hydrogen) atoms. The molecule has 168 valence electrons. The van der Waals surface area contributed by atoms with Gasteiger partial charge in [0.05, 0.1) is 54.2 Å². The molecule has 4 rings (SSSR count). The molecule has 1 aliphatic rings. The third-order valence-electron chi connectivity index (χ3n) is 5.46. The molecule has 2 aromatic carbocycles. The summed E-state index contributed by atoms with van der Waals surface area (Å²) in [6.07, 6.45) is 1.43. The lowest BCUT2D eigenvalue weighted by Crippen LogP contribution is -2.36. The molecule has 3 aromatic rings. The first kappa shape index (κ1) is 21.9. The number of esters is 1. The lowest BCUT2D eigenvalue weighted by atomic mass is 10.1. The minimum absolute atomic E-state index is 0.00257. The van der Waals surface area contributed by atoms with Crippen molar-refractivity contribution in [3.8, 4) is 11.8 Å². The van der Waals surface area contributed by atoms with Gasteiger partial charge in [-0.25, -0.2) is 4.79 Å². The molecule has 1 amide bonds. The fraction of sp³-hybridized carbons (Fsp3) is 0.208. The highest BCUT2D eigenvalue weighted by Crippen LogP contribution is 2.29. The van der Waals surface area contributed by atoms with E-state index in [0.717, 1.165) is 18.8 Å². The number of nitriles is 1. The van der Waals surface area contributed by atoms with Gasteiger partial charge in [0.2, 0.25) is 0 Å². The summed E-state index contributed by atoms with van der Waals surface area (Å²) in [6, 6.07) is 16.3. The molecule has 2 heterocycles. The number of hydrogen-bond acceptors (Lipinski definition) is 7. The third-order valence-corrected chi connectivity index (χ3v) is 5.46. The summed E-state index contributed by atoms with van der Waals surface area (Å²) in [5.74, 6) is -1.07. The van der Waals surface area contributed by atoms with Gasteiger partial charge < -0.3 is 30.0 Å². The molecule has 0 radical (unpaired) electrons. The normalized spacial score (nSPS) is 13.3. The van der Waals surface area contributed by atoms with E-state index in [0.29, 0.717) is 30.2 Å². The number of methoxy groups -OCH3 is 1. The molecular formula is C24H23N5O4. The zero-order valence-corrected chi connectivity index (χ0v) is 18.1. The second kappa shape index (κ2) is 9.46. The Bertz CT molecular complexity index is 1240. The van der Waals surface area contributed by atoms with E-state index in [4.69, 9.17) is 15.2 Å². The summed E-state index contributed by atoms with van der Waals surface area (Å²) in [5.41, 5.74) is 8.39. The Morgan fingerprint density at radius 1 is 1.09 bits per heavy atom. The van der Waals surface area contributed by atoms with E-state index in [9.17, 15) is 14.9 Å². The minimum Gasteiger partial charge on any atom is -0.464 e. The van der Waals surface area contributed by atoms with Gasteiger partial charge in [0, 0.05) is 19.3 Å². The maximum Gasteiger partial charge on any atom is 0.357 e. The summed E-state index contributed by atoms with van der Waals surface area (Å²) in [6.45, 7) is 2.70. The molecule has 0 spiro atoms. The molecule has 1 saturated heterocycles. The number of morpholine rings is 1. The molecule has 9 heteroatoms. The van der Waals surface area contributed by atoms with Crippen LogP contribution in [0.15, 0.2) is 54.7 Å². The smallest absolute Gasteiger partial charge is 0.357 e. The predicted octanol–water partition coefficient (Wildman–Crippen LogP) is 2.81. The van der Waals surface area contributed by atoms with E-state index in [1.165, 1.54) is 17.9 Å². The van der Waals surface area contributed by atoms with Crippen LogP contribution in [-0.4, -0.2) is 49.9 Å². The molecule has 0 aliphatic carbocycles. The summed E-state index contributed by atoms with van der Waals surface area (Å²) in [4.78, 5) is 27.9. The van der Waals surface area contributed by atoms with Crippen LogP contribution < -0.4 is 16.0 Å². The lowest BCUT2D eigenvalue weighted by Gasteiger charge is -2.30. The Morgan fingerprint density at radius 2 is 1.76 bits per heavy atom. The maximum atomic E-state index is 13.4. The van der Waals surface area contributed by atoms with Crippen molar-refractivity contribution >= 4 is 28.9 Å². The van der Waals surface area contributed by atoms with Crippen LogP contribution in [0.3, 0.4) is 0 Å². The number of nitrogens with two attached hydrogens (primary N) is 1. The van der Waals surface area contributed by atoms with Crippen LogP contribution in [0.1, 0.15) is 26.4 Å². The molecular weight excluding hydrogens is 422 g/mol. The summed E-state index contributed by atoms with van der Waals surface area (Å²) in [5, 5.41) is 12.4. The number of aromatic nitrogens is 1. The van der Waals surface area contributed by atoms with Crippen molar-refractivity contribution in [3.05, 3.63) is 71.5 Å². The maximum absolute atomic E-state index is 13.4.